The van der Waals surface area contributed by atoms with Gasteiger partial charge in [0.1, 0.15) is 5.75 Å². The zero-order valence-electron chi connectivity index (χ0n) is 13.3. The normalized spacial score (nSPS) is 14.5. The molecule has 0 aliphatic carbocycles. The average molecular weight is 316 g/mol. The molecule has 0 bridgehead atoms. The maximum atomic E-state index is 5.48. The number of nitrogens with zero attached hydrogens (tertiary/aromatic N) is 4. The van der Waals surface area contributed by atoms with Crippen molar-refractivity contribution in [2.75, 3.05) is 12.4 Å². The van der Waals surface area contributed by atoms with E-state index in [4.69, 9.17) is 9.84 Å². The Hall–Kier alpha value is -1.82. The van der Waals surface area contributed by atoms with E-state index < -0.39 is 0 Å². The molecule has 1 aromatic heterocycles. The van der Waals surface area contributed by atoms with Gasteiger partial charge in [0.2, 0.25) is 5.16 Å². The largest absolute Gasteiger partial charge is 0.494 e. The highest BCUT2D eigenvalue weighted by Gasteiger charge is 2.26. The highest BCUT2D eigenvalue weighted by Crippen LogP contribution is 2.31. The van der Waals surface area contributed by atoms with Crippen molar-refractivity contribution in [3.05, 3.63) is 24.3 Å². The molecule has 5 nitrogen and oxygen atoms in total. The third-order valence-corrected chi connectivity index (χ3v) is 4.39. The first-order valence-corrected chi connectivity index (χ1v) is 8.37. The number of fused-ring (bicyclic) bond motifs is 1. The van der Waals surface area contributed by atoms with Gasteiger partial charge < -0.3 is 4.74 Å². The molecule has 22 heavy (non-hydrogen) atoms. The number of benzene rings is 1. The molecule has 0 fully saturated rings. The van der Waals surface area contributed by atoms with E-state index in [0.717, 1.165) is 33.8 Å². The average Bonchev–Trinajstić information content (AvgIpc) is 2.90. The summed E-state index contributed by atoms with van der Waals surface area (Å²) in [7, 11) is 0. The van der Waals surface area contributed by atoms with Crippen molar-refractivity contribution >= 4 is 17.5 Å². The van der Waals surface area contributed by atoms with Crippen LogP contribution in [0.15, 0.2) is 34.5 Å². The molecule has 0 saturated heterocycles. The van der Waals surface area contributed by atoms with Crippen LogP contribution < -0.4 is 4.74 Å². The Bertz CT molecular complexity index is 698. The van der Waals surface area contributed by atoms with Gasteiger partial charge in [-0.1, -0.05) is 32.5 Å². The predicted molar refractivity (Wildman–Crippen MR) is 89.6 cm³/mol. The van der Waals surface area contributed by atoms with E-state index in [1.807, 2.05) is 35.9 Å². The highest BCUT2D eigenvalue weighted by molar-refractivity contribution is 7.99. The zero-order chi connectivity index (χ0) is 15.7. The number of rotatable bonds is 3. The first-order chi connectivity index (χ1) is 10.5. The summed E-state index contributed by atoms with van der Waals surface area (Å²) < 4.78 is 7.33. The fourth-order valence-corrected chi connectivity index (χ4v) is 3.25. The molecular formula is C16H20N4OS. The van der Waals surface area contributed by atoms with Gasteiger partial charge in [-0.2, -0.15) is 9.78 Å². The van der Waals surface area contributed by atoms with Crippen molar-refractivity contribution in [1.29, 1.82) is 0 Å². The molecule has 1 aliphatic rings. The Balaban J connectivity index is 1.98. The number of hydrogen-bond acceptors (Lipinski definition) is 5. The van der Waals surface area contributed by atoms with Gasteiger partial charge in [0.05, 0.1) is 12.3 Å². The Morgan fingerprint density at radius 1 is 1.18 bits per heavy atom. The van der Waals surface area contributed by atoms with Crippen LogP contribution >= 0.6 is 11.8 Å². The molecule has 2 aromatic rings. The van der Waals surface area contributed by atoms with Gasteiger partial charge in [0.25, 0.3) is 0 Å². The van der Waals surface area contributed by atoms with Crippen molar-refractivity contribution in [3.8, 4) is 17.1 Å². The number of aromatic nitrogens is 3. The quantitative estimate of drug-likeness (QED) is 0.866. The molecule has 0 radical (unpaired) electrons. The predicted octanol–water partition coefficient (Wildman–Crippen LogP) is 3.70. The molecule has 1 aliphatic heterocycles. The number of thioether (sulfide) groups is 1. The summed E-state index contributed by atoms with van der Waals surface area (Å²) in [5, 5.41) is 14.2. The van der Waals surface area contributed by atoms with Crippen molar-refractivity contribution in [2.45, 2.75) is 32.9 Å². The molecule has 0 atom stereocenters. The Labute approximate surface area is 134 Å². The molecule has 0 saturated carbocycles. The Morgan fingerprint density at radius 3 is 2.55 bits per heavy atom. The lowest BCUT2D eigenvalue weighted by Gasteiger charge is -2.24. The number of ether oxygens (including phenoxy) is 1. The minimum atomic E-state index is 0.0467. The van der Waals surface area contributed by atoms with Crippen molar-refractivity contribution < 1.29 is 4.74 Å². The van der Waals surface area contributed by atoms with Gasteiger partial charge >= 0.3 is 0 Å². The molecule has 3 rings (SSSR count). The molecule has 0 unspecified atom stereocenters. The van der Waals surface area contributed by atoms with E-state index in [1.165, 1.54) is 0 Å². The topological polar surface area (TPSA) is 52.3 Å². The third-order valence-electron chi connectivity index (χ3n) is 3.46. The molecule has 0 amide bonds. The summed E-state index contributed by atoms with van der Waals surface area (Å²) in [5.41, 5.74) is 2.18. The molecule has 1 aromatic carbocycles. The van der Waals surface area contributed by atoms with Crippen LogP contribution in [-0.2, 0) is 0 Å². The maximum Gasteiger partial charge on any atom is 0.212 e. The van der Waals surface area contributed by atoms with E-state index >= 15 is 0 Å². The van der Waals surface area contributed by atoms with Crippen LogP contribution in [0.3, 0.4) is 0 Å². The zero-order valence-corrected chi connectivity index (χ0v) is 14.1. The van der Waals surface area contributed by atoms with Crippen LogP contribution in [0.4, 0.5) is 0 Å². The minimum absolute atomic E-state index is 0.0467. The fraction of sp³-hybridized carbons (Fsp3) is 0.438. The highest BCUT2D eigenvalue weighted by atomic mass is 32.2. The van der Waals surface area contributed by atoms with Crippen LogP contribution in [0.2, 0.25) is 0 Å². The van der Waals surface area contributed by atoms with E-state index in [0.29, 0.717) is 6.61 Å². The summed E-state index contributed by atoms with van der Waals surface area (Å²) in [5.74, 6) is 2.50. The van der Waals surface area contributed by atoms with Crippen LogP contribution in [0, 0.1) is 5.41 Å². The van der Waals surface area contributed by atoms with E-state index in [1.54, 1.807) is 11.8 Å². The summed E-state index contributed by atoms with van der Waals surface area (Å²) in [4.78, 5) is 0. The van der Waals surface area contributed by atoms with E-state index in [2.05, 4.69) is 31.0 Å². The van der Waals surface area contributed by atoms with Gasteiger partial charge in [0, 0.05) is 16.7 Å². The Kier molecular flexibility index (Phi) is 3.95. The first-order valence-electron chi connectivity index (χ1n) is 7.39. The van der Waals surface area contributed by atoms with Gasteiger partial charge in [-0.05, 0) is 31.2 Å². The van der Waals surface area contributed by atoms with Crippen LogP contribution in [0.25, 0.3) is 11.4 Å². The van der Waals surface area contributed by atoms with Crippen molar-refractivity contribution in [2.24, 2.45) is 10.5 Å². The fourth-order valence-electron chi connectivity index (χ4n) is 2.14. The van der Waals surface area contributed by atoms with Crippen LogP contribution in [-0.4, -0.2) is 32.9 Å². The van der Waals surface area contributed by atoms with Crippen molar-refractivity contribution in [1.82, 2.24) is 14.9 Å². The van der Waals surface area contributed by atoms with Gasteiger partial charge in [-0.3, -0.25) is 0 Å². The monoisotopic (exact) mass is 316 g/mol. The second kappa shape index (κ2) is 5.76. The molecule has 116 valence electrons. The Morgan fingerprint density at radius 2 is 1.91 bits per heavy atom. The number of hydrogen-bond donors (Lipinski definition) is 0. The summed E-state index contributed by atoms with van der Waals surface area (Å²) in [6.45, 7) is 9.17. The first kappa shape index (κ1) is 15.1. The molecule has 0 N–H and O–H groups in total. The third kappa shape index (κ3) is 2.88. The maximum absolute atomic E-state index is 5.48. The lowest BCUT2D eigenvalue weighted by atomic mass is 9.91. The van der Waals surface area contributed by atoms with Gasteiger partial charge in [0.15, 0.2) is 5.82 Å². The molecule has 0 spiro atoms. The molecule has 6 heteroatoms. The van der Waals surface area contributed by atoms with E-state index in [-0.39, 0.29) is 5.41 Å². The van der Waals surface area contributed by atoms with Gasteiger partial charge in [-0.25, -0.2) is 0 Å². The summed E-state index contributed by atoms with van der Waals surface area (Å²) in [6, 6.07) is 7.89. The summed E-state index contributed by atoms with van der Waals surface area (Å²) in [6.07, 6.45) is 0. The lowest BCUT2D eigenvalue weighted by molar-refractivity contribution is 0.340. The van der Waals surface area contributed by atoms with Crippen LogP contribution in [0.5, 0.6) is 5.75 Å². The SMILES string of the molecule is CCOc1ccc(-c2nnc3n2N=C(C(C)(C)C)CS3)cc1. The minimum Gasteiger partial charge on any atom is -0.494 e. The second-order valence-corrected chi connectivity index (χ2v) is 7.10. The van der Waals surface area contributed by atoms with Gasteiger partial charge in [-0.15, -0.1) is 10.2 Å². The lowest BCUT2D eigenvalue weighted by Crippen LogP contribution is -2.26. The molecular weight excluding hydrogens is 296 g/mol. The molecule has 2 heterocycles. The summed E-state index contributed by atoms with van der Waals surface area (Å²) >= 11 is 1.68. The smallest absolute Gasteiger partial charge is 0.212 e. The second-order valence-electron chi connectivity index (χ2n) is 6.16. The van der Waals surface area contributed by atoms with Crippen molar-refractivity contribution in [3.63, 3.8) is 0 Å². The van der Waals surface area contributed by atoms with Crippen LogP contribution in [0.1, 0.15) is 27.7 Å². The van der Waals surface area contributed by atoms with E-state index in [9.17, 15) is 0 Å². The standard InChI is InChI=1S/C16H20N4OS/c1-5-21-12-8-6-11(7-9-12)14-17-18-15-20(14)19-13(10-22-15)16(2,3)4/h6-9H,5,10H2,1-4H3.